The van der Waals surface area contributed by atoms with Crippen molar-refractivity contribution in [1.29, 1.82) is 0 Å². The number of hydrogen-bond acceptors (Lipinski definition) is 4. The van der Waals surface area contributed by atoms with Gasteiger partial charge in [-0.25, -0.2) is 9.59 Å². The highest BCUT2D eigenvalue weighted by molar-refractivity contribution is 5.98. The van der Waals surface area contributed by atoms with Gasteiger partial charge in [-0.1, -0.05) is 36.4 Å². The minimum Gasteiger partial charge on any atom is -0.478 e. The van der Waals surface area contributed by atoms with Gasteiger partial charge in [-0.2, -0.15) is 0 Å². The summed E-state index contributed by atoms with van der Waals surface area (Å²) in [4.78, 5) is 23.1. The molecule has 6 nitrogen and oxygen atoms in total. The van der Waals surface area contributed by atoms with E-state index in [1.54, 1.807) is 60.7 Å². The number of para-hydroxylation sites is 2. The molecule has 0 aliphatic heterocycles. The van der Waals surface area contributed by atoms with Crippen LogP contribution in [-0.4, -0.2) is 22.2 Å². The SMILES string of the molecule is O=C(O)c1cc(C(=O)O)c(Oc2ccccc2)cc1Oc1ccccc1. The monoisotopic (exact) mass is 350 g/mol. The molecule has 0 saturated carbocycles. The van der Waals surface area contributed by atoms with Gasteiger partial charge in [-0.15, -0.1) is 0 Å². The number of hydrogen-bond donors (Lipinski definition) is 2. The van der Waals surface area contributed by atoms with Crippen LogP contribution in [0, 0.1) is 0 Å². The first-order valence-electron chi connectivity index (χ1n) is 7.65. The van der Waals surface area contributed by atoms with E-state index in [1.807, 2.05) is 0 Å². The maximum absolute atomic E-state index is 11.5. The van der Waals surface area contributed by atoms with Crippen LogP contribution in [0.5, 0.6) is 23.0 Å². The minimum atomic E-state index is -1.30. The second kappa shape index (κ2) is 7.40. The second-order valence-corrected chi connectivity index (χ2v) is 5.29. The van der Waals surface area contributed by atoms with E-state index in [-0.39, 0.29) is 22.6 Å². The van der Waals surface area contributed by atoms with Crippen molar-refractivity contribution in [2.24, 2.45) is 0 Å². The average Bonchev–Trinajstić information content (AvgIpc) is 2.63. The third kappa shape index (κ3) is 3.81. The molecular formula is C20H14O6. The molecule has 3 aromatic rings. The molecule has 0 aliphatic rings. The molecule has 3 aromatic carbocycles. The Labute approximate surface area is 148 Å². The Morgan fingerprint density at radius 1 is 0.615 bits per heavy atom. The van der Waals surface area contributed by atoms with Crippen LogP contribution < -0.4 is 9.47 Å². The summed E-state index contributed by atoms with van der Waals surface area (Å²) in [7, 11) is 0. The molecule has 3 rings (SSSR count). The summed E-state index contributed by atoms with van der Waals surface area (Å²) in [5, 5.41) is 18.8. The van der Waals surface area contributed by atoms with Gasteiger partial charge in [0.1, 0.15) is 34.1 Å². The zero-order chi connectivity index (χ0) is 18.5. The molecule has 0 saturated heterocycles. The van der Waals surface area contributed by atoms with Crippen LogP contribution >= 0.6 is 0 Å². The van der Waals surface area contributed by atoms with Crippen molar-refractivity contribution in [2.45, 2.75) is 0 Å². The van der Waals surface area contributed by atoms with Crippen LogP contribution in [0.2, 0.25) is 0 Å². The summed E-state index contributed by atoms with van der Waals surface area (Å²) in [5.74, 6) is -1.79. The Morgan fingerprint density at radius 3 is 1.35 bits per heavy atom. The second-order valence-electron chi connectivity index (χ2n) is 5.29. The van der Waals surface area contributed by atoms with E-state index in [1.165, 1.54) is 6.07 Å². The minimum absolute atomic E-state index is 0.0142. The third-order valence-corrected chi connectivity index (χ3v) is 3.48. The summed E-state index contributed by atoms with van der Waals surface area (Å²) in [5.41, 5.74) is -0.543. The van der Waals surface area contributed by atoms with E-state index in [2.05, 4.69) is 0 Å². The molecule has 6 heteroatoms. The van der Waals surface area contributed by atoms with E-state index >= 15 is 0 Å². The first-order valence-corrected chi connectivity index (χ1v) is 7.65. The zero-order valence-corrected chi connectivity index (χ0v) is 13.5. The number of rotatable bonds is 6. The molecule has 0 heterocycles. The molecule has 0 radical (unpaired) electrons. The van der Waals surface area contributed by atoms with E-state index < -0.39 is 11.9 Å². The van der Waals surface area contributed by atoms with Crippen LogP contribution in [0.25, 0.3) is 0 Å². The molecule has 0 atom stereocenters. The smallest absolute Gasteiger partial charge is 0.339 e. The molecule has 0 amide bonds. The van der Waals surface area contributed by atoms with Crippen molar-refractivity contribution in [3.8, 4) is 23.0 Å². The van der Waals surface area contributed by atoms with E-state index in [0.717, 1.165) is 6.07 Å². The van der Waals surface area contributed by atoms with Gasteiger partial charge in [0.2, 0.25) is 0 Å². The van der Waals surface area contributed by atoms with Gasteiger partial charge < -0.3 is 19.7 Å². The molecule has 0 aliphatic carbocycles. The van der Waals surface area contributed by atoms with Crippen LogP contribution in [0.1, 0.15) is 20.7 Å². The van der Waals surface area contributed by atoms with Crippen LogP contribution in [0.15, 0.2) is 72.8 Å². The number of carboxylic acid groups (broad SMARTS) is 2. The van der Waals surface area contributed by atoms with Crippen molar-refractivity contribution in [3.63, 3.8) is 0 Å². The zero-order valence-electron chi connectivity index (χ0n) is 13.5. The number of aromatic carboxylic acids is 2. The first kappa shape index (κ1) is 17.0. The normalized spacial score (nSPS) is 10.2. The van der Waals surface area contributed by atoms with E-state index in [4.69, 9.17) is 9.47 Å². The molecule has 0 unspecified atom stereocenters. The summed E-state index contributed by atoms with van der Waals surface area (Å²) in [6.45, 7) is 0. The first-order chi connectivity index (χ1) is 12.5. The standard InChI is InChI=1S/C20H14O6/c21-19(22)15-11-16(20(23)24)18(26-14-9-5-2-6-10-14)12-17(15)25-13-7-3-1-4-8-13/h1-12H,(H,21,22)(H,23,24). The Hall–Kier alpha value is -3.80. The highest BCUT2D eigenvalue weighted by Gasteiger charge is 2.21. The molecular weight excluding hydrogens is 336 g/mol. The summed E-state index contributed by atoms with van der Waals surface area (Å²) in [6, 6.07) is 19.5. The van der Waals surface area contributed by atoms with E-state index in [9.17, 15) is 19.8 Å². The Bertz CT molecular complexity index is 861. The van der Waals surface area contributed by atoms with Crippen molar-refractivity contribution in [2.75, 3.05) is 0 Å². The molecule has 0 spiro atoms. The lowest BCUT2D eigenvalue weighted by atomic mass is 10.1. The molecule has 130 valence electrons. The largest absolute Gasteiger partial charge is 0.478 e. The Balaban J connectivity index is 2.08. The van der Waals surface area contributed by atoms with Gasteiger partial charge >= 0.3 is 11.9 Å². The third-order valence-electron chi connectivity index (χ3n) is 3.48. The Kier molecular flexibility index (Phi) is 4.85. The van der Waals surface area contributed by atoms with Crippen LogP contribution in [0.4, 0.5) is 0 Å². The highest BCUT2D eigenvalue weighted by atomic mass is 16.5. The van der Waals surface area contributed by atoms with Crippen molar-refractivity contribution >= 4 is 11.9 Å². The number of benzene rings is 3. The number of carbonyl (C=O) groups is 2. The maximum atomic E-state index is 11.5. The van der Waals surface area contributed by atoms with Gasteiger partial charge in [0, 0.05) is 6.07 Å². The van der Waals surface area contributed by atoms with Gasteiger partial charge in [0.25, 0.3) is 0 Å². The summed E-state index contributed by atoms with van der Waals surface area (Å²) >= 11 is 0. The van der Waals surface area contributed by atoms with Gasteiger partial charge in [0.05, 0.1) is 0 Å². The molecule has 0 aromatic heterocycles. The van der Waals surface area contributed by atoms with Gasteiger partial charge in [0.15, 0.2) is 0 Å². The fraction of sp³-hybridized carbons (Fsp3) is 0. The molecule has 26 heavy (non-hydrogen) atoms. The van der Waals surface area contributed by atoms with Crippen LogP contribution in [0.3, 0.4) is 0 Å². The van der Waals surface area contributed by atoms with E-state index in [0.29, 0.717) is 11.5 Å². The lowest BCUT2D eigenvalue weighted by molar-refractivity contribution is 0.0693. The fourth-order valence-electron chi connectivity index (χ4n) is 2.30. The van der Waals surface area contributed by atoms with Crippen LogP contribution in [-0.2, 0) is 0 Å². The summed E-state index contributed by atoms with van der Waals surface area (Å²) < 4.78 is 11.3. The molecule has 0 bridgehead atoms. The van der Waals surface area contributed by atoms with Crippen molar-refractivity contribution in [3.05, 3.63) is 83.9 Å². The number of ether oxygens (including phenoxy) is 2. The van der Waals surface area contributed by atoms with Crippen molar-refractivity contribution < 1.29 is 29.3 Å². The maximum Gasteiger partial charge on any atom is 0.339 e. The predicted octanol–water partition coefficient (Wildman–Crippen LogP) is 4.67. The lowest BCUT2D eigenvalue weighted by Gasteiger charge is -2.14. The number of carboxylic acids is 2. The Morgan fingerprint density at radius 2 is 1.00 bits per heavy atom. The predicted molar refractivity (Wildman–Crippen MR) is 93.4 cm³/mol. The highest BCUT2D eigenvalue weighted by Crippen LogP contribution is 2.35. The van der Waals surface area contributed by atoms with Gasteiger partial charge in [-0.05, 0) is 30.3 Å². The van der Waals surface area contributed by atoms with Gasteiger partial charge in [-0.3, -0.25) is 0 Å². The lowest BCUT2D eigenvalue weighted by Crippen LogP contribution is -2.06. The molecule has 0 fully saturated rings. The van der Waals surface area contributed by atoms with Crippen molar-refractivity contribution in [1.82, 2.24) is 0 Å². The molecule has 2 N–H and O–H groups in total. The fourth-order valence-corrected chi connectivity index (χ4v) is 2.30. The summed E-state index contributed by atoms with van der Waals surface area (Å²) in [6.07, 6.45) is 0. The quantitative estimate of drug-likeness (QED) is 0.671. The average molecular weight is 350 g/mol. The topological polar surface area (TPSA) is 93.1 Å².